The number of nitrogens with zero attached hydrogens (tertiary/aromatic N) is 4. The highest BCUT2D eigenvalue weighted by molar-refractivity contribution is 9.28. The third-order valence-corrected chi connectivity index (χ3v) is 4.15. The van der Waals surface area contributed by atoms with Crippen LogP contribution in [0.25, 0.3) is 11.2 Å². The topological polar surface area (TPSA) is 119 Å². The standard InChI is InChI=1S/C12H13Br2N5O3/c13-6(14)2-1-5-8(20)9(21)12(22-5)19-4-18-7-10(15)16-3-17-11(7)19/h2-5,8-9,12,20-21H,1H2,(H2,15,16,17)/t5-,8-,9-,12-/m1/s1. The Labute approximate surface area is 142 Å². The van der Waals surface area contributed by atoms with E-state index in [0.29, 0.717) is 17.6 Å². The van der Waals surface area contributed by atoms with Crippen molar-refractivity contribution < 1.29 is 14.9 Å². The predicted octanol–water partition coefficient (Wildman–Crippen LogP) is 1.05. The van der Waals surface area contributed by atoms with Crippen LogP contribution in [-0.4, -0.2) is 48.0 Å². The van der Waals surface area contributed by atoms with Gasteiger partial charge in [-0.25, -0.2) is 15.0 Å². The molecule has 1 fully saturated rings. The smallest absolute Gasteiger partial charge is 0.167 e. The molecule has 0 aliphatic carbocycles. The van der Waals surface area contributed by atoms with E-state index in [-0.39, 0.29) is 5.82 Å². The number of aliphatic hydroxyl groups is 2. The minimum Gasteiger partial charge on any atom is -0.388 e. The number of fused-ring (bicyclic) bond motifs is 1. The lowest BCUT2D eigenvalue weighted by molar-refractivity contribution is -0.0338. The summed E-state index contributed by atoms with van der Waals surface area (Å²) < 4.78 is 8.07. The molecule has 3 heterocycles. The molecule has 2 aromatic heterocycles. The summed E-state index contributed by atoms with van der Waals surface area (Å²) in [4.78, 5) is 12.1. The highest BCUT2D eigenvalue weighted by atomic mass is 79.9. The lowest BCUT2D eigenvalue weighted by Gasteiger charge is -2.16. The average Bonchev–Trinajstić information content (AvgIpc) is 3.01. The zero-order valence-corrected chi connectivity index (χ0v) is 14.3. The molecule has 8 nitrogen and oxygen atoms in total. The zero-order chi connectivity index (χ0) is 15.9. The van der Waals surface area contributed by atoms with Crippen LogP contribution < -0.4 is 5.73 Å². The van der Waals surface area contributed by atoms with Crippen molar-refractivity contribution in [1.82, 2.24) is 19.5 Å². The van der Waals surface area contributed by atoms with Crippen molar-refractivity contribution in [1.29, 1.82) is 0 Å². The SMILES string of the molecule is Nc1ncnc2c1ncn2[C@@H]1O[C@H](CC=C(Br)Br)[C@@H](O)[C@H]1O. The molecule has 0 amide bonds. The summed E-state index contributed by atoms with van der Waals surface area (Å²) in [5.74, 6) is 0.250. The Morgan fingerprint density at radius 3 is 2.82 bits per heavy atom. The van der Waals surface area contributed by atoms with E-state index in [1.807, 2.05) is 0 Å². The van der Waals surface area contributed by atoms with E-state index in [1.165, 1.54) is 12.7 Å². The van der Waals surface area contributed by atoms with E-state index < -0.39 is 24.5 Å². The van der Waals surface area contributed by atoms with Crippen LogP contribution in [0.2, 0.25) is 0 Å². The molecule has 1 saturated heterocycles. The Morgan fingerprint density at radius 2 is 2.09 bits per heavy atom. The van der Waals surface area contributed by atoms with Gasteiger partial charge in [-0.05, 0) is 38.3 Å². The van der Waals surface area contributed by atoms with Gasteiger partial charge in [-0.1, -0.05) is 6.08 Å². The van der Waals surface area contributed by atoms with Gasteiger partial charge in [-0.15, -0.1) is 0 Å². The highest BCUT2D eigenvalue weighted by Gasteiger charge is 2.43. The molecule has 4 N–H and O–H groups in total. The first-order valence-corrected chi connectivity index (χ1v) is 8.03. The van der Waals surface area contributed by atoms with E-state index in [1.54, 1.807) is 10.6 Å². The van der Waals surface area contributed by atoms with Crippen LogP contribution in [0.5, 0.6) is 0 Å². The summed E-state index contributed by atoms with van der Waals surface area (Å²) in [7, 11) is 0. The van der Waals surface area contributed by atoms with Crippen molar-refractivity contribution in [2.24, 2.45) is 0 Å². The number of anilines is 1. The number of hydrogen-bond donors (Lipinski definition) is 3. The minimum absolute atomic E-state index is 0.250. The number of nitrogens with two attached hydrogens (primary N) is 1. The maximum atomic E-state index is 10.3. The fourth-order valence-electron chi connectivity index (χ4n) is 2.42. The summed E-state index contributed by atoms with van der Waals surface area (Å²) in [5, 5.41) is 20.4. The molecule has 3 rings (SSSR count). The van der Waals surface area contributed by atoms with Crippen LogP contribution in [-0.2, 0) is 4.74 Å². The van der Waals surface area contributed by atoms with E-state index >= 15 is 0 Å². The van der Waals surface area contributed by atoms with Gasteiger partial charge in [-0.3, -0.25) is 4.57 Å². The Balaban J connectivity index is 1.91. The quantitative estimate of drug-likeness (QED) is 0.660. The van der Waals surface area contributed by atoms with Gasteiger partial charge in [0.2, 0.25) is 0 Å². The molecular formula is C12H13Br2N5O3. The summed E-state index contributed by atoms with van der Waals surface area (Å²) in [5.41, 5.74) is 6.62. The summed E-state index contributed by atoms with van der Waals surface area (Å²) >= 11 is 6.49. The average molecular weight is 435 g/mol. The second-order valence-electron chi connectivity index (χ2n) is 4.86. The third-order valence-electron chi connectivity index (χ3n) is 3.50. The second kappa shape index (κ2) is 6.20. The number of hydrogen-bond acceptors (Lipinski definition) is 7. The molecule has 1 aliphatic rings. The van der Waals surface area contributed by atoms with Crippen LogP contribution in [0.3, 0.4) is 0 Å². The fourth-order valence-corrected chi connectivity index (χ4v) is 2.79. The molecule has 0 spiro atoms. The normalized spacial score (nSPS) is 28.2. The number of aromatic nitrogens is 4. The largest absolute Gasteiger partial charge is 0.388 e. The first-order valence-electron chi connectivity index (χ1n) is 6.45. The number of halogens is 2. The number of rotatable bonds is 3. The Morgan fingerprint density at radius 1 is 1.32 bits per heavy atom. The molecule has 118 valence electrons. The van der Waals surface area contributed by atoms with Gasteiger partial charge in [0.1, 0.15) is 24.1 Å². The predicted molar refractivity (Wildman–Crippen MR) is 86.2 cm³/mol. The van der Waals surface area contributed by atoms with Crippen LogP contribution in [0.1, 0.15) is 12.6 Å². The van der Waals surface area contributed by atoms with Crippen molar-refractivity contribution in [3.05, 3.63) is 22.1 Å². The van der Waals surface area contributed by atoms with E-state index in [9.17, 15) is 10.2 Å². The molecule has 2 aromatic rings. The van der Waals surface area contributed by atoms with Gasteiger partial charge in [-0.2, -0.15) is 0 Å². The zero-order valence-electron chi connectivity index (χ0n) is 11.2. The molecule has 0 radical (unpaired) electrons. The van der Waals surface area contributed by atoms with Crippen LogP contribution in [0.4, 0.5) is 5.82 Å². The molecule has 0 unspecified atom stereocenters. The number of nitrogen functional groups attached to an aromatic ring is 1. The van der Waals surface area contributed by atoms with E-state index in [0.717, 1.165) is 3.39 Å². The number of ether oxygens (including phenoxy) is 1. The van der Waals surface area contributed by atoms with Gasteiger partial charge in [0.25, 0.3) is 0 Å². The Kier molecular flexibility index (Phi) is 4.46. The minimum atomic E-state index is -1.10. The van der Waals surface area contributed by atoms with E-state index in [2.05, 4.69) is 46.8 Å². The molecule has 0 saturated carbocycles. The summed E-state index contributed by atoms with van der Waals surface area (Å²) in [6.45, 7) is 0. The second-order valence-corrected chi connectivity index (χ2v) is 7.63. The third kappa shape index (κ3) is 2.76. The van der Waals surface area contributed by atoms with Gasteiger partial charge in [0, 0.05) is 0 Å². The first-order chi connectivity index (χ1) is 10.5. The van der Waals surface area contributed by atoms with Crippen molar-refractivity contribution in [3.8, 4) is 0 Å². The molecule has 0 aromatic carbocycles. The first kappa shape index (κ1) is 15.8. The maximum Gasteiger partial charge on any atom is 0.167 e. The molecule has 1 aliphatic heterocycles. The lowest BCUT2D eigenvalue weighted by Crippen LogP contribution is -2.31. The Hall–Kier alpha value is -1.07. The number of imidazole rings is 1. The molecular weight excluding hydrogens is 422 g/mol. The lowest BCUT2D eigenvalue weighted by atomic mass is 10.1. The molecule has 10 heteroatoms. The maximum absolute atomic E-state index is 10.3. The van der Waals surface area contributed by atoms with Crippen LogP contribution in [0.15, 0.2) is 22.1 Å². The van der Waals surface area contributed by atoms with E-state index in [4.69, 9.17) is 10.5 Å². The summed E-state index contributed by atoms with van der Waals surface area (Å²) in [6.07, 6.45) is 1.58. The number of aliphatic hydroxyl groups excluding tert-OH is 2. The van der Waals surface area contributed by atoms with Gasteiger partial charge in [0.15, 0.2) is 17.7 Å². The fraction of sp³-hybridized carbons (Fsp3) is 0.417. The molecule has 22 heavy (non-hydrogen) atoms. The van der Waals surface area contributed by atoms with Crippen molar-refractivity contribution in [2.75, 3.05) is 5.73 Å². The monoisotopic (exact) mass is 433 g/mol. The Bertz CT molecular complexity index is 718. The highest BCUT2D eigenvalue weighted by Crippen LogP contribution is 2.33. The molecule has 4 atom stereocenters. The van der Waals surface area contributed by atoms with Crippen molar-refractivity contribution in [3.63, 3.8) is 0 Å². The van der Waals surface area contributed by atoms with Crippen LogP contribution >= 0.6 is 31.9 Å². The molecule has 0 bridgehead atoms. The van der Waals surface area contributed by atoms with Gasteiger partial charge in [0.05, 0.1) is 15.8 Å². The van der Waals surface area contributed by atoms with Gasteiger partial charge >= 0.3 is 0 Å². The van der Waals surface area contributed by atoms with Crippen molar-refractivity contribution in [2.45, 2.75) is 31.0 Å². The van der Waals surface area contributed by atoms with Crippen LogP contribution in [0, 0.1) is 0 Å². The van der Waals surface area contributed by atoms with Crippen molar-refractivity contribution >= 4 is 48.8 Å². The summed E-state index contributed by atoms with van der Waals surface area (Å²) in [6, 6.07) is 0. The van der Waals surface area contributed by atoms with Gasteiger partial charge < -0.3 is 20.7 Å².